The number of nitrogens with one attached hydrogen (secondary N) is 2. The summed E-state index contributed by atoms with van der Waals surface area (Å²) in [6.45, 7) is 5.13. The second kappa shape index (κ2) is 8.84. The van der Waals surface area contributed by atoms with Crippen LogP contribution in [-0.4, -0.2) is 36.0 Å². The largest absolute Gasteiger partial charge is 0.482 e. The summed E-state index contributed by atoms with van der Waals surface area (Å²) in [4.78, 5) is 34.9. The van der Waals surface area contributed by atoms with Crippen molar-refractivity contribution in [3.05, 3.63) is 58.7 Å². The third-order valence-electron chi connectivity index (χ3n) is 3.81. The van der Waals surface area contributed by atoms with Crippen molar-refractivity contribution in [1.82, 2.24) is 5.32 Å². The first-order valence-corrected chi connectivity index (χ1v) is 8.37. The fourth-order valence-electron chi connectivity index (χ4n) is 2.70. The van der Waals surface area contributed by atoms with Gasteiger partial charge >= 0.3 is 5.97 Å². The molecule has 27 heavy (non-hydrogen) atoms. The molecule has 0 unspecified atom stereocenters. The average Bonchev–Trinajstić information content (AvgIpc) is 2.61. The molecule has 0 aliphatic carbocycles. The van der Waals surface area contributed by atoms with Gasteiger partial charge in [0, 0.05) is 11.3 Å². The Bertz CT molecular complexity index is 853. The Morgan fingerprint density at radius 2 is 1.70 bits per heavy atom. The number of carbonyl (C=O) groups is 3. The highest BCUT2D eigenvalue weighted by molar-refractivity contribution is 6.00. The SMILES string of the molecule is Cc1cc(C)c(NC(=O)CNC(=O)c2cccc(OCC(=O)O)c2)c(C)c1. The molecule has 0 spiro atoms. The number of benzene rings is 2. The first kappa shape index (κ1) is 20.0. The summed E-state index contributed by atoms with van der Waals surface area (Å²) in [5.41, 5.74) is 4.03. The number of amides is 2. The van der Waals surface area contributed by atoms with Crippen LogP contribution in [-0.2, 0) is 9.59 Å². The van der Waals surface area contributed by atoms with E-state index in [2.05, 4.69) is 10.6 Å². The van der Waals surface area contributed by atoms with Gasteiger partial charge in [-0.1, -0.05) is 23.8 Å². The van der Waals surface area contributed by atoms with Crippen LogP contribution in [0.15, 0.2) is 36.4 Å². The lowest BCUT2D eigenvalue weighted by Gasteiger charge is -2.13. The zero-order chi connectivity index (χ0) is 20.0. The van der Waals surface area contributed by atoms with Crippen LogP contribution < -0.4 is 15.4 Å². The molecule has 2 aromatic carbocycles. The molecule has 0 saturated heterocycles. The summed E-state index contributed by atoms with van der Waals surface area (Å²) in [5, 5.41) is 14.0. The highest BCUT2D eigenvalue weighted by Gasteiger charge is 2.12. The van der Waals surface area contributed by atoms with Gasteiger partial charge in [-0.05, 0) is 50.1 Å². The number of rotatable bonds is 7. The summed E-state index contributed by atoms with van der Waals surface area (Å²) in [5.74, 6) is -1.64. The first-order valence-electron chi connectivity index (χ1n) is 8.37. The Hall–Kier alpha value is -3.35. The number of carboxylic acid groups (broad SMARTS) is 1. The highest BCUT2D eigenvalue weighted by Crippen LogP contribution is 2.21. The van der Waals surface area contributed by atoms with Gasteiger partial charge in [-0.3, -0.25) is 9.59 Å². The van der Waals surface area contributed by atoms with E-state index in [9.17, 15) is 14.4 Å². The fourth-order valence-corrected chi connectivity index (χ4v) is 2.70. The minimum Gasteiger partial charge on any atom is -0.482 e. The third-order valence-corrected chi connectivity index (χ3v) is 3.81. The molecule has 0 aliphatic rings. The minimum absolute atomic E-state index is 0.189. The van der Waals surface area contributed by atoms with Crippen molar-refractivity contribution in [3.8, 4) is 5.75 Å². The molecule has 0 aliphatic heterocycles. The molecule has 0 atom stereocenters. The van der Waals surface area contributed by atoms with E-state index < -0.39 is 18.5 Å². The van der Waals surface area contributed by atoms with Gasteiger partial charge in [-0.25, -0.2) is 4.79 Å². The Labute approximate surface area is 157 Å². The fraction of sp³-hybridized carbons (Fsp3) is 0.250. The number of hydrogen-bond donors (Lipinski definition) is 3. The van der Waals surface area contributed by atoms with Crippen LogP contribution in [0, 0.1) is 20.8 Å². The van der Waals surface area contributed by atoms with E-state index in [0.717, 1.165) is 22.4 Å². The lowest BCUT2D eigenvalue weighted by Crippen LogP contribution is -2.33. The molecule has 0 radical (unpaired) electrons. The number of carbonyl (C=O) groups excluding carboxylic acids is 2. The van der Waals surface area contributed by atoms with Crippen molar-refractivity contribution in [3.63, 3.8) is 0 Å². The maximum atomic E-state index is 12.2. The lowest BCUT2D eigenvalue weighted by molar-refractivity contribution is -0.139. The summed E-state index contributed by atoms with van der Waals surface area (Å²) < 4.78 is 5.04. The van der Waals surface area contributed by atoms with Gasteiger partial charge in [0.05, 0.1) is 6.54 Å². The third kappa shape index (κ3) is 5.85. The monoisotopic (exact) mass is 370 g/mol. The standard InChI is InChI=1S/C20H22N2O5/c1-12-7-13(2)19(14(3)8-12)22-17(23)10-21-20(26)15-5-4-6-16(9-15)27-11-18(24)25/h4-9H,10-11H2,1-3H3,(H,21,26)(H,22,23)(H,24,25). The highest BCUT2D eigenvalue weighted by atomic mass is 16.5. The second-order valence-electron chi connectivity index (χ2n) is 6.21. The van der Waals surface area contributed by atoms with Gasteiger partial charge in [-0.2, -0.15) is 0 Å². The number of ether oxygens (including phenoxy) is 1. The molecule has 2 rings (SSSR count). The Kier molecular flexibility index (Phi) is 6.54. The summed E-state index contributed by atoms with van der Waals surface area (Å²) in [7, 11) is 0. The zero-order valence-electron chi connectivity index (χ0n) is 15.5. The lowest BCUT2D eigenvalue weighted by atomic mass is 10.1. The average molecular weight is 370 g/mol. The number of aliphatic carboxylic acids is 1. The van der Waals surface area contributed by atoms with E-state index in [-0.39, 0.29) is 23.8 Å². The van der Waals surface area contributed by atoms with Crippen molar-refractivity contribution in [2.45, 2.75) is 20.8 Å². The van der Waals surface area contributed by atoms with Crippen molar-refractivity contribution >= 4 is 23.5 Å². The molecular weight excluding hydrogens is 348 g/mol. The topological polar surface area (TPSA) is 105 Å². The van der Waals surface area contributed by atoms with Gasteiger partial charge < -0.3 is 20.5 Å². The first-order chi connectivity index (χ1) is 12.8. The normalized spacial score (nSPS) is 10.2. The zero-order valence-corrected chi connectivity index (χ0v) is 15.5. The summed E-state index contributed by atoms with van der Waals surface area (Å²) in [6, 6.07) is 10.0. The molecule has 142 valence electrons. The Morgan fingerprint density at radius 3 is 2.33 bits per heavy atom. The smallest absolute Gasteiger partial charge is 0.341 e. The van der Waals surface area contributed by atoms with Crippen molar-refractivity contribution in [1.29, 1.82) is 0 Å². The van der Waals surface area contributed by atoms with Gasteiger partial charge in [-0.15, -0.1) is 0 Å². The van der Waals surface area contributed by atoms with E-state index in [1.54, 1.807) is 18.2 Å². The van der Waals surface area contributed by atoms with E-state index in [0.29, 0.717) is 0 Å². The molecular formula is C20H22N2O5. The van der Waals surface area contributed by atoms with Crippen LogP contribution in [0.1, 0.15) is 27.0 Å². The number of anilines is 1. The van der Waals surface area contributed by atoms with Crippen LogP contribution in [0.3, 0.4) is 0 Å². The van der Waals surface area contributed by atoms with Crippen LogP contribution in [0.4, 0.5) is 5.69 Å². The predicted molar refractivity (Wildman–Crippen MR) is 101 cm³/mol. The molecule has 2 amide bonds. The quantitative estimate of drug-likeness (QED) is 0.694. The van der Waals surface area contributed by atoms with Gasteiger partial charge in [0.15, 0.2) is 6.61 Å². The van der Waals surface area contributed by atoms with E-state index in [1.165, 1.54) is 6.07 Å². The molecule has 0 bridgehead atoms. The van der Waals surface area contributed by atoms with E-state index >= 15 is 0 Å². The maximum absolute atomic E-state index is 12.2. The molecule has 0 saturated carbocycles. The molecule has 7 nitrogen and oxygen atoms in total. The van der Waals surface area contributed by atoms with Crippen molar-refractivity contribution in [2.24, 2.45) is 0 Å². The molecule has 0 heterocycles. The van der Waals surface area contributed by atoms with Crippen LogP contribution in [0.2, 0.25) is 0 Å². The van der Waals surface area contributed by atoms with Crippen LogP contribution >= 0.6 is 0 Å². The number of carboxylic acids is 1. The minimum atomic E-state index is -1.11. The van der Waals surface area contributed by atoms with Crippen molar-refractivity contribution in [2.75, 3.05) is 18.5 Å². The predicted octanol–water partition coefficient (Wildman–Crippen LogP) is 2.44. The van der Waals surface area contributed by atoms with Gasteiger partial charge in [0.1, 0.15) is 5.75 Å². The summed E-state index contributed by atoms with van der Waals surface area (Å²) in [6.07, 6.45) is 0. The van der Waals surface area contributed by atoms with Gasteiger partial charge in [0.25, 0.3) is 5.91 Å². The number of aryl methyl sites for hydroxylation is 3. The van der Waals surface area contributed by atoms with Crippen molar-refractivity contribution < 1.29 is 24.2 Å². The molecule has 2 aromatic rings. The number of hydrogen-bond acceptors (Lipinski definition) is 4. The molecule has 0 fully saturated rings. The van der Waals surface area contributed by atoms with Crippen LogP contribution in [0.25, 0.3) is 0 Å². The van der Waals surface area contributed by atoms with Crippen LogP contribution in [0.5, 0.6) is 5.75 Å². The van der Waals surface area contributed by atoms with E-state index in [1.807, 2.05) is 32.9 Å². The second-order valence-corrected chi connectivity index (χ2v) is 6.21. The van der Waals surface area contributed by atoms with E-state index in [4.69, 9.17) is 9.84 Å². The summed E-state index contributed by atoms with van der Waals surface area (Å²) >= 11 is 0. The Balaban J connectivity index is 1.94. The Morgan fingerprint density at radius 1 is 1.04 bits per heavy atom. The molecule has 3 N–H and O–H groups in total. The van der Waals surface area contributed by atoms with Gasteiger partial charge in [0.2, 0.25) is 5.91 Å². The maximum Gasteiger partial charge on any atom is 0.341 e. The molecule has 0 aromatic heterocycles. The molecule has 7 heteroatoms.